The molecular weight excluding hydrogens is 250 g/mol. The van der Waals surface area contributed by atoms with Gasteiger partial charge in [0.15, 0.2) is 5.78 Å². The molecule has 2 aromatic rings. The molecule has 1 saturated heterocycles. The fourth-order valence-electron chi connectivity index (χ4n) is 3.28. The zero-order valence-corrected chi connectivity index (χ0v) is 12.1. The van der Waals surface area contributed by atoms with Gasteiger partial charge < -0.3 is 5.32 Å². The lowest BCUT2D eigenvalue weighted by Gasteiger charge is -2.26. The number of aromatic nitrogens is 2. The second kappa shape index (κ2) is 5.02. The van der Waals surface area contributed by atoms with Gasteiger partial charge in [0.25, 0.3) is 0 Å². The Balaban J connectivity index is 1.91. The highest BCUT2D eigenvalue weighted by Gasteiger charge is 2.38. The molecule has 0 radical (unpaired) electrons. The van der Waals surface area contributed by atoms with E-state index >= 15 is 0 Å². The van der Waals surface area contributed by atoms with Crippen molar-refractivity contribution in [3.8, 4) is 0 Å². The summed E-state index contributed by atoms with van der Waals surface area (Å²) in [4.78, 5) is 12.7. The minimum absolute atomic E-state index is 0.279. The lowest BCUT2D eigenvalue weighted by atomic mass is 9.86. The van der Waals surface area contributed by atoms with Crippen molar-refractivity contribution in [3.05, 3.63) is 30.0 Å². The van der Waals surface area contributed by atoms with Crippen LogP contribution >= 0.6 is 0 Å². The van der Waals surface area contributed by atoms with Crippen molar-refractivity contribution in [1.82, 2.24) is 15.1 Å². The number of hydrogen-bond donors (Lipinski definition) is 1. The van der Waals surface area contributed by atoms with E-state index in [4.69, 9.17) is 0 Å². The Bertz CT molecular complexity index is 638. The number of carbonyl (C=O) groups excluding carboxylic acids is 1. The van der Waals surface area contributed by atoms with Crippen LogP contribution in [0.2, 0.25) is 0 Å². The van der Waals surface area contributed by atoms with E-state index in [0.717, 1.165) is 42.4 Å². The van der Waals surface area contributed by atoms with Gasteiger partial charge in [-0.2, -0.15) is 5.10 Å². The normalized spacial score (nSPS) is 22.5. The summed E-state index contributed by atoms with van der Waals surface area (Å²) in [5.41, 5.74) is 1.66. The van der Waals surface area contributed by atoms with Crippen molar-refractivity contribution in [2.45, 2.75) is 38.1 Å². The van der Waals surface area contributed by atoms with Gasteiger partial charge in [-0.3, -0.25) is 9.48 Å². The molecule has 2 heterocycles. The molecular formula is C16H21N3O. The minimum atomic E-state index is -0.321. The van der Waals surface area contributed by atoms with Gasteiger partial charge in [0, 0.05) is 12.4 Å². The van der Waals surface area contributed by atoms with Gasteiger partial charge in [0.1, 0.15) is 0 Å². The molecule has 20 heavy (non-hydrogen) atoms. The van der Waals surface area contributed by atoms with E-state index in [2.05, 4.69) is 17.3 Å². The van der Waals surface area contributed by atoms with E-state index < -0.39 is 0 Å². The number of rotatable bonds is 4. The monoisotopic (exact) mass is 271 g/mol. The summed E-state index contributed by atoms with van der Waals surface area (Å²) >= 11 is 0. The van der Waals surface area contributed by atoms with Crippen LogP contribution in [0, 0.1) is 0 Å². The molecule has 106 valence electrons. The third-order valence-electron chi connectivity index (χ3n) is 4.54. The molecule has 0 amide bonds. The molecule has 4 nitrogen and oxygen atoms in total. The summed E-state index contributed by atoms with van der Waals surface area (Å²) in [7, 11) is 1.93. The van der Waals surface area contributed by atoms with Crippen LogP contribution in [0.5, 0.6) is 0 Å². The zero-order chi connectivity index (χ0) is 14.2. The number of para-hydroxylation sites is 1. The number of ketones is 1. The summed E-state index contributed by atoms with van der Waals surface area (Å²) in [6.45, 7) is 3.04. The highest BCUT2D eigenvalue weighted by atomic mass is 16.1. The first-order valence-corrected chi connectivity index (χ1v) is 7.35. The fourth-order valence-corrected chi connectivity index (χ4v) is 3.28. The zero-order valence-electron chi connectivity index (χ0n) is 12.1. The molecule has 4 heteroatoms. The van der Waals surface area contributed by atoms with Gasteiger partial charge >= 0.3 is 0 Å². The number of fused-ring (bicyclic) bond motifs is 1. The fraction of sp³-hybridized carbons (Fsp3) is 0.500. The van der Waals surface area contributed by atoms with Crippen molar-refractivity contribution in [2.75, 3.05) is 6.54 Å². The van der Waals surface area contributed by atoms with Crippen molar-refractivity contribution in [2.24, 2.45) is 7.05 Å². The number of nitrogens with zero attached hydrogens (tertiary/aromatic N) is 2. The Hall–Kier alpha value is -1.68. The van der Waals surface area contributed by atoms with Crippen LogP contribution in [0.25, 0.3) is 10.9 Å². The predicted molar refractivity (Wildman–Crippen MR) is 79.7 cm³/mol. The molecule has 0 aliphatic carbocycles. The Labute approximate surface area is 119 Å². The number of benzene rings is 1. The van der Waals surface area contributed by atoms with Crippen molar-refractivity contribution >= 4 is 16.7 Å². The number of Topliss-reactive ketones (excluding diaryl/α,β-unsaturated/α-hetero) is 1. The molecule has 1 aromatic carbocycles. The second-order valence-electron chi connectivity index (χ2n) is 5.65. The molecule has 3 rings (SSSR count). The van der Waals surface area contributed by atoms with E-state index in [1.165, 1.54) is 0 Å². The maximum Gasteiger partial charge on any atom is 0.158 e. The quantitative estimate of drug-likeness (QED) is 0.927. The van der Waals surface area contributed by atoms with Crippen LogP contribution in [-0.2, 0) is 18.3 Å². The Morgan fingerprint density at radius 1 is 1.45 bits per heavy atom. The standard InChI is InChI=1S/C16H21N3O/c1-3-16(9-6-10-17-16)15(20)11-13-12-7-4-5-8-14(12)19(2)18-13/h4-5,7-8,17H,3,6,9-11H2,1-2H3. The van der Waals surface area contributed by atoms with Gasteiger partial charge in [0.05, 0.1) is 23.2 Å². The van der Waals surface area contributed by atoms with E-state index in [1.807, 2.05) is 36.0 Å². The van der Waals surface area contributed by atoms with Gasteiger partial charge in [-0.15, -0.1) is 0 Å². The topological polar surface area (TPSA) is 46.9 Å². The van der Waals surface area contributed by atoms with Crippen LogP contribution < -0.4 is 5.32 Å². The molecule has 0 bridgehead atoms. The van der Waals surface area contributed by atoms with Crippen molar-refractivity contribution < 1.29 is 4.79 Å². The average Bonchev–Trinajstić information content (AvgIpc) is 3.06. The molecule has 1 aromatic heterocycles. The summed E-state index contributed by atoms with van der Waals surface area (Å²) in [6.07, 6.45) is 3.31. The lowest BCUT2D eigenvalue weighted by molar-refractivity contribution is -0.124. The summed E-state index contributed by atoms with van der Waals surface area (Å²) in [5.74, 6) is 0.279. The number of nitrogens with one attached hydrogen (secondary N) is 1. The van der Waals surface area contributed by atoms with Gasteiger partial charge in [-0.25, -0.2) is 0 Å². The first kappa shape index (κ1) is 13.3. The van der Waals surface area contributed by atoms with Gasteiger partial charge in [0.2, 0.25) is 0 Å². The Morgan fingerprint density at radius 3 is 2.95 bits per heavy atom. The minimum Gasteiger partial charge on any atom is -0.305 e. The van der Waals surface area contributed by atoms with Crippen LogP contribution in [0.1, 0.15) is 31.9 Å². The number of aryl methyl sites for hydroxylation is 1. The molecule has 1 aliphatic heterocycles. The largest absolute Gasteiger partial charge is 0.305 e. The average molecular weight is 271 g/mol. The molecule has 1 unspecified atom stereocenters. The van der Waals surface area contributed by atoms with E-state index in [-0.39, 0.29) is 11.3 Å². The Kier molecular flexibility index (Phi) is 3.34. The third kappa shape index (κ3) is 2.04. The second-order valence-corrected chi connectivity index (χ2v) is 5.65. The maximum atomic E-state index is 12.7. The third-order valence-corrected chi connectivity index (χ3v) is 4.54. The summed E-state index contributed by atoms with van der Waals surface area (Å²) in [5, 5.41) is 9.04. The van der Waals surface area contributed by atoms with Crippen molar-refractivity contribution in [1.29, 1.82) is 0 Å². The maximum absolute atomic E-state index is 12.7. The summed E-state index contributed by atoms with van der Waals surface area (Å²) < 4.78 is 1.86. The van der Waals surface area contributed by atoms with E-state index in [9.17, 15) is 4.79 Å². The SMILES string of the molecule is CCC1(C(=O)Cc2nn(C)c3ccccc23)CCCN1. The van der Waals surface area contributed by atoms with Crippen LogP contribution in [0.4, 0.5) is 0 Å². The molecule has 0 saturated carbocycles. The van der Waals surface area contributed by atoms with Crippen LogP contribution in [0.15, 0.2) is 24.3 Å². The Morgan fingerprint density at radius 2 is 2.25 bits per heavy atom. The smallest absolute Gasteiger partial charge is 0.158 e. The molecule has 0 spiro atoms. The van der Waals surface area contributed by atoms with Crippen molar-refractivity contribution in [3.63, 3.8) is 0 Å². The van der Waals surface area contributed by atoms with E-state index in [0.29, 0.717) is 6.42 Å². The van der Waals surface area contributed by atoms with Gasteiger partial charge in [-0.05, 0) is 31.9 Å². The van der Waals surface area contributed by atoms with Crippen LogP contribution in [0.3, 0.4) is 0 Å². The molecule has 1 aliphatic rings. The highest BCUT2D eigenvalue weighted by Crippen LogP contribution is 2.27. The first-order valence-electron chi connectivity index (χ1n) is 7.35. The predicted octanol–water partition coefficient (Wildman–Crippen LogP) is 2.22. The highest BCUT2D eigenvalue weighted by molar-refractivity contribution is 5.94. The molecule has 1 fully saturated rings. The molecule has 1 N–H and O–H groups in total. The summed E-state index contributed by atoms with van der Waals surface area (Å²) in [6, 6.07) is 8.09. The van der Waals surface area contributed by atoms with Crippen LogP contribution in [-0.4, -0.2) is 27.6 Å². The number of hydrogen-bond acceptors (Lipinski definition) is 3. The first-order chi connectivity index (χ1) is 9.66. The van der Waals surface area contributed by atoms with Gasteiger partial charge in [-0.1, -0.05) is 25.1 Å². The lowest BCUT2D eigenvalue weighted by Crippen LogP contribution is -2.47. The van der Waals surface area contributed by atoms with E-state index in [1.54, 1.807) is 0 Å². The molecule has 1 atom stereocenters. The number of carbonyl (C=O) groups is 1.